The summed E-state index contributed by atoms with van der Waals surface area (Å²) < 4.78 is 4.97. The predicted molar refractivity (Wildman–Crippen MR) is 89.1 cm³/mol. The molecule has 0 bridgehead atoms. The maximum atomic E-state index is 12.3. The largest absolute Gasteiger partial charge is 0.481 e. The normalized spacial score (nSPS) is 16.3. The first-order valence-electron chi connectivity index (χ1n) is 7.00. The predicted octanol–water partition coefficient (Wildman–Crippen LogP) is 2.78. The molecule has 2 amide bonds. The Morgan fingerprint density at radius 1 is 1.35 bits per heavy atom. The van der Waals surface area contributed by atoms with Crippen LogP contribution in [-0.4, -0.2) is 29.2 Å². The van der Waals surface area contributed by atoms with E-state index in [1.807, 2.05) is 13.0 Å². The highest BCUT2D eigenvalue weighted by Gasteiger charge is 2.23. The van der Waals surface area contributed by atoms with Crippen molar-refractivity contribution >= 4 is 35.0 Å². The fourth-order valence-corrected chi connectivity index (χ4v) is 3.06. The van der Waals surface area contributed by atoms with Crippen LogP contribution in [0.3, 0.4) is 0 Å². The Morgan fingerprint density at radius 2 is 2.17 bits per heavy atom. The number of hydrogen-bond donors (Lipinski definition) is 2. The van der Waals surface area contributed by atoms with Crippen LogP contribution in [0.4, 0.5) is 11.4 Å². The Bertz CT molecular complexity index is 762. The zero-order valence-corrected chi connectivity index (χ0v) is 13.4. The van der Waals surface area contributed by atoms with Crippen LogP contribution in [0.5, 0.6) is 5.88 Å². The van der Waals surface area contributed by atoms with Crippen LogP contribution in [0.1, 0.15) is 17.3 Å². The molecule has 0 saturated heterocycles. The first kappa shape index (κ1) is 15.4. The molecule has 1 unspecified atom stereocenters. The van der Waals surface area contributed by atoms with Crippen molar-refractivity contribution in [2.24, 2.45) is 0 Å². The summed E-state index contributed by atoms with van der Waals surface area (Å²) in [5.41, 5.74) is 1.70. The fraction of sp³-hybridized carbons (Fsp3) is 0.188. The highest BCUT2D eigenvalue weighted by Crippen LogP contribution is 2.36. The Labute approximate surface area is 137 Å². The quantitative estimate of drug-likeness (QED) is 0.905. The molecule has 23 heavy (non-hydrogen) atoms. The molecule has 2 aromatic rings. The molecule has 0 fully saturated rings. The van der Waals surface area contributed by atoms with E-state index >= 15 is 0 Å². The molecule has 2 heterocycles. The van der Waals surface area contributed by atoms with Gasteiger partial charge in [-0.15, -0.1) is 11.8 Å². The fourth-order valence-electron chi connectivity index (χ4n) is 2.13. The minimum Gasteiger partial charge on any atom is -0.481 e. The highest BCUT2D eigenvalue weighted by atomic mass is 32.2. The van der Waals surface area contributed by atoms with Gasteiger partial charge in [-0.2, -0.15) is 0 Å². The van der Waals surface area contributed by atoms with Gasteiger partial charge in [-0.3, -0.25) is 9.59 Å². The number of nitrogens with zero attached hydrogens (tertiary/aromatic N) is 1. The number of amides is 2. The summed E-state index contributed by atoms with van der Waals surface area (Å²) in [4.78, 5) is 29.0. The van der Waals surface area contributed by atoms with Crippen LogP contribution in [0.2, 0.25) is 0 Å². The van der Waals surface area contributed by atoms with E-state index in [2.05, 4.69) is 15.6 Å². The van der Waals surface area contributed by atoms with Crippen LogP contribution in [0.15, 0.2) is 41.4 Å². The minimum atomic E-state index is -0.266. The number of pyridine rings is 1. The average Bonchev–Trinajstić information content (AvgIpc) is 2.56. The lowest BCUT2D eigenvalue weighted by Crippen LogP contribution is -2.26. The number of carbonyl (C=O) groups is 2. The van der Waals surface area contributed by atoms with E-state index in [0.29, 0.717) is 22.8 Å². The van der Waals surface area contributed by atoms with Crippen molar-refractivity contribution in [3.63, 3.8) is 0 Å². The number of methoxy groups -OCH3 is 1. The number of hydrogen-bond acceptors (Lipinski definition) is 5. The molecule has 1 aromatic carbocycles. The Kier molecular flexibility index (Phi) is 4.20. The second-order valence-corrected chi connectivity index (χ2v) is 6.39. The molecule has 1 atom stereocenters. The monoisotopic (exact) mass is 329 g/mol. The van der Waals surface area contributed by atoms with Crippen molar-refractivity contribution in [1.29, 1.82) is 0 Å². The van der Waals surface area contributed by atoms with Gasteiger partial charge in [0.25, 0.3) is 5.91 Å². The van der Waals surface area contributed by atoms with Crippen molar-refractivity contribution in [1.82, 2.24) is 4.98 Å². The highest BCUT2D eigenvalue weighted by molar-refractivity contribution is 8.00. The number of anilines is 2. The molecule has 0 saturated carbocycles. The van der Waals surface area contributed by atoms with Crippen molar-refractivity contribution in [3.8, 4) is 5.88 Å². The van der Waals surface area contributed by atoms with E-state index < -0.39 is 0 Å². The Morgan fingerprint density at radius 3 is 2.87 bits per heavy atom. The second kappa shape index (κ2) is 6.29. The van der Waals surface area contributed by atoms with Crippen LogP contribution in [0.25, 0.3) is 0 Å². The number of rotatable bonds is 3. The van der Waals surface area contributed by atoms with Crippen molar-refractivity contribution in [2.45, 2.75) is 17.1 Å². The van der Waals surface area contributed by atoms with Crippen molar-refractivity contribution in [2.75, 3.05) is 17.7 Å². The van der Waals surface area contributed by atoms with Crippen molar-refractivity contribution in [3.05, 3.63) is 42.1 Å². The summed E-state index contributed by atoms with van der Waals surface area (Å²) >= 11 is 1.48. The molecule has 2 N–H and O–H groups in total. The van der Waals surface area contributed by atoms with E-state index in [1.54, 1.807) is 24.3 Å². The first-order valence-corrected chi connectivity index (χ1v) is 7.88. The molecule has 0 aliphatic carbocycles. The van der Waals surface area contributed by atoms with Gasteiger partial charge in [-0.05, 0) is 31.2 Å². The Hall–Kier alpha value is -2.54. The molecule has 118 valence electrons. The van der Waals surface area contributed by atoms with E-state index in [9.17, 15) is 9.59 Å². The van der Waals surface area contributed by atoms with Crippen LogP contribution in [0, 0.1) is 0 Å². The summed E-state index contributed by atoms with van der Waals surface area (Å²) in [7, 11) is 1.53. The molecule has 1 aliphatic heterocycles. The summed E-state index contributed by atoms with van der Waals surface area (Å²) in [6.07, 6.45) is 1.52. The lowest BCUT2D eigenvalue weighted by atomic mass is 10.1. The van der Waals surface area contributed by atoms with E-state index in [4.69, 9.17) is 4.74 Å². The summed E-state index contributed by atoms with van der Waals surface area (Å²) in [6.45, 7) is 1.85. The van der Waals surface area contributed by atoms with Gasteiger partial charge >= 0.3 is 0 Å². The number of thioether (sulfide) groups is 1. The SMILES string of the molecule is COc1ccc(NC(=O)c2ccc3c(c2)NC(=O)C(C)S3)cn1. The number of nitrogens with one attached hydrogen (secondary N) is 2. The standard InChI is InChI=1S/C16H15N3O3S/c1-9-15(20)19-12-7-10(3-5-13(12)23-9)16(21)18-11-4-6-14(22-2)17-8-11/h3-9H,1-2H3,(H,18,21)(H,19,20). The van der Waals surface area contributed by atoms with E-state index in [1.165, 1.54) is 25.1 Å². The molecule has 3 rings (SSSR count). The van der Waals surface area contributed by atoms with Crippen molar-refractivity contribution < 1.29 is 14.3 Å². The third-order valence-corrected chi connectivity index (χ3v) is 4.55. The van der Waals surface area contributed by atoms with Crippen LogP contribution < -0.4 is 15.4 Å². The number of fused-ring (bicyclic) bond motifs is 1. The molecule has 7 heteroatoms. The maximum Gasteiger partial charge on any atom is 0.255 e. The van der Waals surface area contributed by atoms with Crippen LogP contribution >= 0.6 is 11.8 Å². The third-order valence-electron chi connectivity index (χ3n) is 3.38. The smallest absolute Gasteiger partial charge is 0.255 e. The molecule has 1 aliphatic rings. The van der Waals surface area contributed by atoms with Gasteiger partial charge in [-0.25, -0.2) is 4.98 Å². The topological polar surface area (TPSA) is 80.3 Å². The number of ether oxygens (including phenoxy) is 1. The number of benzene rings is 1. The van der Waals surface area contributed by atoms with Crippen LogP contribution in [-0.2, 0) is 4.79 Å². The summed E-state index contributed by atoms with van der Waals surface area (Å²) in [5.74, 6) is 0.155. The minimum absolute atomic E-state index is 0.0561. The lowest BCUT2D eigenvalue weighted by Gasteiger charge is -2.21. The molecule has 0 radical (unpaired) electrons. The zero-order chi connectivity index (χ0) is 16.4. The number of carbonyl (C=O) groups excluding carboxylic acids is 2. The molecule has 0 spiro atoms. The second-order valence-electron chi connectivity index (χ2n) is 5.00. The zero-order valence-electron chi connectivity index (χ0n) is 12.6. The van der Waals surface area contributed by atoms with E-state index in [-0.39, 0.29) is 17.1 Å². The molecule has 6 nitrogen and oxygen atoms in total. The Balaban J connectivity index is 1.77. The summed E-state index contributed by atoms with van der Waals surface area (Å²) in [6, 6.07) is 8.64. The molecular weight excluding hydrogens is 314 g/mol. The van der Waals surface area contributed by atoms with Gasteiger partial charge < -0.3 is 15.4 Å². The molecule has 1 aromatic heterocycles. The van der Waals surface area contributed by atoms with Gasteiger partial charge in [0.15, 0.2) is 0 Å². The van der Waals surface area contributed by atoms with Gasteiger partial charge in [0, 0.05) is 16.5 Å². The van der Waals surface area contributed by atoms with E-state index in [0.717, 1.165) is 4.90 Å². The summed E-state index contributed by atoms with van der Waals surface area (Å²) in [5, 5.41) is 5.44. The first-order chi connectivity index (χ1) is 11.1. The van der Waals surface area contributed by atoms with Gasteiger partial charge in [0.1, 0.15) is 0 Å². The van der Waals surface area contributed by atoms with Gasteiger partial charge in [0.2, 0.25) is 11.8 Å². The maximum absolute atomic E-state index is 12.3. The van der Waals surface area contributed by atoms with Gasteiger partial charge in [0.05, 0.1) is 29.9 Å². The molecular formula is C16H15N3O3S. The lowest BCUT2D eigenvalue weighted by molar-refractivity contribution is -0.115. The van der Waals surface area contributed by atoms with Gasteiger partial charge in [-0.1, -0.05) is 0 Å². The average molecular weight is 329 g/mol. The third kappa shape index (κ3) is 3.29. The number of aromatic nitrogens is 1.